The average molecular weight is 394 g/mol. The lowest BCUT2D eigenvalue weighted by Crippen LogP contribution is -1.85. The Morgan fingerprint density at radius 3 is 1.65 bits per heavy atom. The second-order valence-corrected chi connectivity index (χ2v) is 8.13. The molecule has 0 aliphatic carbocycles. The second-order valence-electron chi connectivity index (χ2n) is 8.13. The summed E-state index contributed by atoms with van der Waals surface area (Å²) in [6.45, 7) is 0. The largest absolute Gasteiger partial charge is 0.456 e. The van der Waals surface area contributed by atoms with Gasteiger partial charge in [0.25, 0.3) is 0 Å². The van der Waals surface area contributed by atoms with Crippen LogP contribution >= 0.6 is 0 Å². The molecular formula is C30H18O. The van der Waals surface area contributed by atoms with Crippen LogP contribution in [0.2, 0.25) is 0 Å². The highest BCUT2D eigenvalue weighted by molar-refractivity contribution is 6.26. The SMILES string of the molecule is c1ccc2c(c1)oc1cccc(-c3ccc4c5ccccc5c5ccccc5c4c3)c12. The third-order valence-electron chi connectivity index (χ3n) is 6.46. The van der Waals surface area contributed by atoms with Crippen molar-refractivity contribution >= 4 is 54.3 Å². The van der Waals surface area contributed by atoms with E-state index in [0.717, 1.165) is 16.6 Å². The molecule has 1 heterocycles. The van der Waals surface area contributed by atoms with E-state index < -0.39 is 0 Å². The van der Waals surface area contributed by atoms with Crippen molar-refractivity contribution in [1.82, 2.24) is 0 Å². The molecule has 144 valence electrons. The van der Waals surface area contributed by atoms with Gasteiger partial charge in [-0.1, -0.05) is 91.0 Å². The van der Waals surface area contributed by atoms with Crippen molar-refractivity contribution in [3.8, 4) is 11.1 Å². The summed E-state index contributed by atoms with van der Waals surface area (Å²) in [6.07, 6.45) is 0. The molecule has 0 saturated heterocycles. The molecule has 0 aliphatic heterocycles. The first kappa shape index (κ1) is 16.7. The summed E-state index contributed by atoms with van der Waals surface area (Å²) in [7, 11) is 0. The molecule has 0 atom stereocenters. The minimum Gasteiger partial charge on any atom is -0.456 e. The summed E-state index contributed by atoms with van der Waals surface area (Å²) in [5.41, 5.74) is 4.29. The first-order chi connectivity index (χ1) is 15.4. The topological polar surface area (TPSA) is 13.1 Å². The van der Waals surface area contributed by atoms with E-state index in [2.05, 4.69) is 97.1 Å². The van der Waals surface area contributed by atoms with E-state index in [-0.39, 0.29) is 0 Å². The van der Waals surface area contributed by atoms with Crippen LogP contribution in [0.1, 0.15) is 0 Å². The zero-order valence-corrected chi connectivity index (χ0v) is 16.8. The van der Waals surface area contributed by atoms with Gasteiger partial charge in [-0.3, -0.25) is 0 Å². The van der Waals surface area contributed by atoms with Gasteiger partial charge in [0.05, 0.1) is 0 Å². The molecule has 0 unspecified atom stereocenters. The molecule has 0 aliphatic rings. The van der Waals surface area contributed by atoms with Crippen molar-refractivity contribution in [2.75, 3.05) is 0 Å². The standard InChI is InChI=1S/C30H18O/c1-2-10-23-21(8-1)22-9-3-4-11-24(22)27-18-19(16-17-25(23)27)20-13-7-15-29-30(20)26-12-5-6-14-28(26)31-29/h1-18H. The van der Waals surface area contributed by atoms with Crippen LogP contribution in [-0.4, -0.2) is 0 Å². The molecule has 0 amide bonds. The van der Waals surface area contributed by atoms with Crippen molar-refractivity contribution < 1.29 is 4.42 Å². The lowest BCUT2D eigenvalue weighted by molar-refractivity contribution is 0.669. The molecule has 0 bridgehead atoms. The van der Waals surface area contributed by atoms with Gasteiger partial charge in [-0.2, -0.15) is 0 Å². The van der Waals surface area contributed by atoms with Crippen LogP contribution < -0.4 is 0 Å². The smallest absolute Gasteiger partial charge is 0.136 e. The van der Waals surface area contributed by atoms with E-state index in [9.17, 15) is 0 Å². The molecule has 0 saturated carbocycles. The predicted molar refractivity (Wildman–Crippen MR) is 132 cm³/mol. The van der Waals surface area contributed by atoms with Crippen molar-refractivity contribution in [2.24, 2.45) is 0 Å². The Morgan fingerprint density at radius 2 is 0.935 bits per heavy atom. The monoisotopic (exact) mass is 394 g/mol. The van der Waals surface area contributed by atoms with Gasteiger partial charge >= 0.3 is 0 Å². The van der Waals surface area contributed by atoms with E-state index >= 15 is 0 Å². The minimum atomic E-state index is 0.933. The fraction of sp³-hybridized carbons (Fsp3) is 0. The number of fused-ring (bicyclic) bond motifs is 9. The summed E-state index contributed by atoms with van der Waals surface area (Å²) >= 11 is 0. The molecule has 1 nitrogen and oxygen atoms in total. The van der Waals surface area contributed by atoms with Gasteiger partial charge in [0, 0.05) is 10.8 Å². The molecule has 7 rings (SSSR count). The number of furan rings is 1. The van der Waals surface area contributed by atoms with Crippen molar-refractivity contribution in [3.05, 3.63) is 109 Å². The van der Waals surface area contributed by atoms with Crippen molar-refractivity contribution in [2.45, 2.75) is 0 Å². The number of hydrogen-bond acceptors (Lipinski definition) is 1. The molecule has 7 aromatic rings. The van der Waals surface area contributed by atoms with Crippen LogP contribution in [0.3, 0.4) is 0 Å². The normalized spacial score (nSPS) is 11.9. The Balaban J connectivity index is 1.62. The highest BCUT2D eigenvalue weighted by Gasteiger charge is 2.14. The van der Waals surface area contributed by atoms with Crippen molar-refractivity contribution in [3.63, 3.8) is 0 Å². The van der Waals surface area contributed by atoms with Gasteiger partial charge in [0.1, 0.15) is 11.2 Å². The first-order valence-electron chi connectivity index (χ1n) is 10.6. The van der Waals surface area contributed by atoms with Gasteiger partial charge < -0.3 is 4.42 Å². The summed E-state index contributed by atoms with van der Waals surface area (Å²) in [5.74, 6) is 0. The number of benzene rings is 6. The third kappa shape index (κ3) is 2.32. The molecule has 31 heavy (non-hydrogen) atoms. The van der Waals surface area contributed by atoms with E-state index in [0.29, 0.717) is 0 Å². The highest BCUT2D eigenvalue weighted by Crippen LogP contribution is 2.40. The van der Waals surface area contributed by atoms with Gasteiger partial charge in [-0.05, 0) is 61.6 Å². The Kier molecular flexibility index (Phi) is 3.33. The van der Waals surface area contributed by atoms with Gasteiger partial charge in [-0.25, -0.2) is 0 Å². The molecule has 0 radical (unpaired) electrons. The van der Waals surface area contributed by atoms with E-state index in [1.54, 1.807) is 0 Å². The lowest BCUT2D eigenvalue weighted by Gasteiger charge is -2.12. The van der Waals surface area contributed by atoms with E-state index in [1.807, 2.05) is 12.1 Å². The first-order valence-corrected chi connectivity index (χ1v) is 10.6. The minimum absolute atomic E-state index is 0.933. The molecule has 0 spiro atoms. The van der Waals surface area contributed by atoms with Crippen LogP contribution in [0.25, 0.3) is 65.4 Å². The molecule has 1 heteroatoms. The van der Waals surface area contributed by atoms with Gasteiger partial charge in [0.15, 0.2) is 0 Å². The zero-order chi connectivity index (χ0) is 20.4. The van der Waals surface area contributed by atoms with Crippen LogP contribution in [-0.2, 0) is 0 Å². The molecule has 0 fully saturated rings. The summed E-state index contributed by atoms with van der Waals surface area (Å²) < 4.78 is 6.13. The molecule has 6 aromatic carbocycles. The Labute approximate surface area is 179 Å². The second kappa shape index (κ2) is 6.20. The summed E-state index contributed by atoms with van der Waals surface area (Å²) in [4.78, 5) is 0. The summed E-state index contributed by atoms with van der Waals surface area (Å²) in [6, 6.07) is 39.0. The Hall–Kier alpha value is -4.10. The maximum Gasteiger partial charge on any atom is 0.136 e. The van der Waals surface area contributed by atoms with Crippen LogP contribution in [0.4, 0.5) is 0 Å². The molecular weight excluding hydrogens is 376 g/mol. The van der Waals surface area contributed by atoms with Gasteiger partial charge in [0.2, 0.25) is 0 Å². The van der Waals surface area contributed by atoms with Gasteiger partial charge in [-0.15, -0.1) is 0 Å². The van der Waals surface area contributed by atoms with Crippen LogP contribution in [0.5, 0.6) is 0 Å². The Bertz CT molecular complexity index is 1750. The fourth-order valence-corrected chi connectivity index (χ4v) is 5.09. The van der Waals surface area contributed by atoms with E-state index in [4.69, 9.17) is 4.42 Å². The lowest BCUT2D eigenvalue weighted by atomic mass is 9.91. The highest BCUT2D eigenvalue weighted by atomic mass is 16.3. The third-order valence-corrected chi connectivity index (χ3v) is 6.46. The maximum atomic E-state index is 6.13. The summed E-state index contributed by atoms with van der Waals surface area (Å²) in [5, 5.41) is 10.1. The quantitative estimate of drug-likeness (QED) is 0.254. The fourth-order valence-electron chi connectivity index (χ4n) is 5.09. The molecule has 1 aromatic heterocycles. The van der Waals surface area contributed by atoms with Crippen molar-refractivity contribution in [1.29, 1.82) is 0 Å². The van der Waals surface area contributed by atoms with Crippen LogP contribution in [0, 0.1) is 0 Å². The molecule has 0 N–H and O–H groups in total. The maximum absolute atomic E-state index is 6.13. The van der Waals surface area contributed by atoms with E-state index in [1.165, 1.54) is 48.8 Å². The number of rotatable bonds is 1. The van der Waals surface area contributed by atoms with Crippen LogP contribution in [0.15, 0.2) is 114 Å². The number of para-hydroxylation sites is 1. The average Bonchev–Trinajstić information content (AvgIpc) is 3.23. The number of hydrogen-bond donors (Lipinski definition) is 0. The predicted octanol–water partition coefficient (Wildman–Crippen LogP) is 8.71. The zero-order valence-electron chi connectivity index (χ0n) is 16.8. The Morgan fingerprint density at radius 1 is 0.387 bits per heavy atom.